The van der Waals surface area contributed by atoms with E-state index in [1.54, 1.807) is 0 Å². The molecule has 0 spiro atoms. The molecule has 1 aromatic heterocycles. The van der Waals surface area contributed by atoms with Gasteiger partial charge in [-0.2, -0.15) is 4.98 Å². The van der Waals surface area contributed by atoms with E-state index >= 15 is 0 Å². The molecule has 0 N–H and O–H groups in total. The monoisotopic (exact) mass is 253 g/mol. The largest absolute Gasteiger partial charge is 0.440 e. The SMILES string of the molecule is CC(=O)Oc1coc(-c2ccc3ccccc3c2)n1. The summed E-state index contributed by atoms with van der Waals surface area (Å²) in [7, 11) is 0. The van der Waals surface area contributed by atoms with Gasteiger partial charge in [-0.1, -0.05) is 30.3 Å². The Balaban J connectivity index is 1.99. The fourth-order valence-electron chi connectivity index (χ4n) is 1.91. The topological polar surface area (TPSA) is 52.3 Å². The van der Waals surface area contributed by atoms with Crippen LogP contribution in [0, 0.1) is 0 Å². The molecule has 0 saturated heterocycles. The first-order chi connectivity index (χ1) is 9.22. The number of rotatable bonds is 2. The van der Waals surface area contributed by atoms with Crippen molar-refractivity contribution in [3.8, 4) is 17.3 Å². The van der Waals surface area contributed by atoms with Gasteiger partial charge in [-0.25, -0.2) is 0 Å². The summed E-state index contributed by atoms with van der Waals surface area (Å²) >= 11 is 0. The Kier molecular flexibility index (Phi) is 2.76. The van der Waals surface area contributed by atoms with Gasteiger partial charge in [0.25, 0.3) is 5.88 Å². The van der Waals surface area contributed by atoms with Gasteiger partial charge in [0.05, 0.1) is 0 Å². The van der Waals surface area contributed by atoms with Crippen molar-refractivity contribution in [2.75, 3.05) is 0 Å². The van der Waals surface area contributed by atoms with Crippen LogP contribution in [0.1, 0.15) is 6.92 Å². The Morgan fingerprint density at radius 3 is 2.74 bits per heavy atom. The molecular formula is C15H11NO3. The van der Waals surface area contributed by atoms with Crippen LogP contribution >= 0.6 is 0 Å². The van der Waals surface area contributed by atoms with Gasteiger partial charge in [0.15, 0.2) is 6.26 Å². The normalized spacial score (nSPS) is 10.6. The van der Waals surface area contributed by atoms with Gasteiger partial charge in [-0.15, -0.1) is 0 Å². The number of aromatic nitrogens is 1. The van der Waals surface area contributed by atoms with Crippen LogP contribution in [0.25, 0.3) is 22.2 Å². The lowest BCUT2D eigenvalue weighted by molar-refractivity contribution is -0.132. The Bertz CT molecular complexity index is 746. The fourth-order valence-corrected chi connectivity index (χ4v) is 1.91. The molecule has 0 saturated carbocycles. The van der Waals surface area contributed by atoms with Crippen molar-refractivity contribution in [2.45, 2.75) is 6.92 Å². The van der Waals surface area contributed by atoms with E-state index in [9.17, 15) is 4.79 Å². The molecule has 0 bridgehead atoms. The number of oxazole rings is 1. The van der Waals surface area contributed by atoms with Crippen LogP contribution < -0.4 is 4.74 Å². The van der Waals surface area contributed by atoms with Crippen molar-refractivity contribution >= 4 is 16.7 Å². The van der Waals surface area contributed by atoms with Gasteiger partial charge < -0.3 is 9.15 Å². The number of hydrogen-bond acceptors (Lipinski definition) is 4. The van der Waals surface area contributed by atoms with E-state index in [4.69, 9.17) is 9.15 Å². The van der Waals surface area contributed by atoms with Gasteiger partial charge >= 0.3 is 5.97 Å². The Hall–Kier alpha value is -2.62. The van der Waals surface area contributed by atoms with Crippen LogP contribution in [0.3, 0.4) is 0 Å². The highest BCUT2D eigenvalue weighted by Crippen LogP contribution is 2.25. The average Bonchev–Trinajstić information content (AvgIpc) is 2.86. The zero-order valence-electron chi connectivity index (χ0n) is 10.3. The first-order valence-corrected chi connectivity index (χ1v) is 5.85. The maximum absolute atomic E-state index is 10.8. The smallest absolute Gasteiger partial charge is 0.309 e. The van der Waals surface area contributed by atoms with Gasteiger partial charge in [-0.3, -0.25) is 4.79 Å². The molecule has 3 rings (SSSR count). The first kappa shape index (κ1) is 11.5. The van der Waals surface area contributed by atoms with Crippen molar-refractivity contribution in [3.63, 3.8) is 0 Å². The Labute approximate surface area is 109 Å². The van der Waals surface area contributed by atoms with Crippen molar-refractivity contribution < 1.29 is 13.9 Å². The molecule has 0 fully saturated rings. The molecule has 4 nitrogen and oxygen atoms in total. The second kappa shape index (κ2) is 4.57. The summed E-state index contributed by atoms with van der Waals surface area (Å²) in [5.74, 6) is 0.191. The predicted molar refractivity (Wildman–Crippen MR) is 70.8 cm³/mol. The van der Waals surface area contributed by atoms with Crippen LogP contribution in [0.15, 0.2) is 53.1 Å². The van der Waals surface area contributed by atoms with Crippen LogP contribution in [0.5, 0.6) is 5.88 Å². The number of benzene rings is 2. The molecule has 0 aliphatic heterocycles. The standard InChI is InChI=1S/C15H11NO3/c1-10(17)19-14-9-18-15(16-14)13-7-6-11-4-2-3-5-12(11)8-13/h2-9H,1H3. The number of hydrogen-bond donors (Lipinski definition) is 0. The molecule has 0 aliphatic rings. The van der Waals surface area contributed by atoms with E-state index in [1.807, 2.05) is 42.5 Å². The molecule has 3 aromatic rings. The second-order valence-electron chi connectivity index (χ2n) is 4.15. The summed E-state index contributed by atoms with van der Waals surface area (Å²) < 4.78 is 10.2. The minimum absolute atomic E-state index is 0.177. The first-order valence-electron chi connectivity index (χ1n) is 5.85. The fraction of sp³-hybridized carbons (Fsp3) is 0.0667. The minimum atomic E-state index is -0.418. The number of carbonyl (C=O) groups excluding carboxylic acids is 1. The summed E-state index contributed by atoms with van der Waals surface area (Å²) in [4.78, 5) is 14.9. The van der Waals surface area contributed by atoms with Crippen LogP contribution in [-0.2, 0) is 4.79 Å². The van der Waals surface area contributed by atoms with E-state index in [-0.39, 0.29) is 5.88 Å². The summed E-state index contributed by atoms with van der Waals surface area (Å²) in [6, 6.07) is 13.9. The highest BCUT2D eigenvalue weighted by Gasteiger charge is 2.09. The molecule has 0 aliphatic carbocycles. The van der Waals surface area contributed by atoms with Gasteiger partial charge in [0.1, 0.15) is 0 Å². The van der Waals surface area contributed by atoms with Gasteiger partial charge in [-0.05, 0) is 22.9 Å². The molecule has 0 amide bonds. The van der Waals surface area contributed by atoms with E-state index in [0.717, 1.165) is 16.3 Å². The number of esters is 1. The van der Waals surface area contributed by atoms with Crippen molar-refractivity contribution in [3.05, 3.63) is 48.7 Å². The molecule has 0 atom stereocenters. The predicted octanol–water partition coefficient (Wildman–Crippen LogP) is 3.42. The number of nitrogens with zero attached hydrogens (tertiary/aromatic N) is 1. The molecule has 94 valence electrons. The number of fused-ring (bicyclic) bond motifs is 1. The molecule has 4 heteroatoms. The number of ether oxygens (including phenoxy) is 1. The zero-order valence-corrected chi connectivity index (χ0v) is 10.3. The molecule has 2 aromatic carbocycles. The van der Waals surface area contributed by atoms with Crippen LogP contribution in [0.4, 0.5) is 0 Å². The highest BCUT2D eigenvalue weighted by atomic mass is 16.5. The molecule has 19 heavy (non-hydrogen) atoms. The average molecular weight is 253 g/mol. The van der Waals surface area contributed by atoms with Crippen LogP contribution in [-0.4, -0.2) is 11.0 Å². The molecular weight excluding hydrogens is 242 g/mol. The Morgan fingerprint density at radius 1 is 1.16 bits per heavy atom. The maximum atomic E-state index is 10.8. The summed E-state index contributed by atoms with van der Waals surface area (Å²) in [6.07, 6.45) is 1.33. The lowest BCUT2D eigenvalue weighted by Gasteiger charge is -1.99. The third-order valence-electron chi connectivity index (χ3n) is 2.73. The highest BCUT2D eigenvalue weighted by molar-refractivity contribution is 5.86. The van der Waals surface area contributed by atoms with Crippen molar-refractivity contribution in [1.29, 1.82) is 0 Å². The quantitative estimate of drug-likeness (QED) is 0.656. The van der Waals surface area contributed by atoms with E-state index < -0.39 is 5.97 Å². The van der Waals surface area contributed by atoms with Crippen LogP contribution in [0.2, 0.25) is 0 Å². The van der Waals surface area contributed by atoms with Gasteiger partial charge in [0, 0.05) is 12.5 Å². The van der Waals surface area contributed by atoms with E-state index in [0.29, 0.717) is 5.89 Å². The molecule has 0 radical (unpaired) electrons. The maximum Gasteiger partial charge on any atom is 0.309 e. The second-order valence-corrected chi connectivity index (χ2v) is 4.15. The van der Waals surface area contributed by atoms with E-state index in [2.05, 4.69) is 4.98 Å². The molecule has 1 heterocycles. The van der Waals surface area contributed by atoms with E-state index in [1.165, 1.54) is 13.2 Å². The summed E-state index contributed by atoms with van der Waals surface area (Å²) in [5.41, 5.74) is 0.845. The third kappa shape index (κ3) is 2.33. The minimum Gasteiger partial charge on any atom is -0.440 e. The number of carbonyl (C=O) groups is 1. The molecule has 0 unspecified atom stereocenters. The summed E-state index contributed by atoms with van der Waals surface area (Å²) in [5, 5.41) is 2.25. The zero-order chi connectivity index (χ0) is 13.2. The summed E-state index contributed by atoms with van der Waals surface area (Å²) in [6.45, 7) is 1.32. The van der Waals surface area contributed by atoms with Crippen molar-refractivity contribution in [2.24, 2.45) is 0 Å². The lowest BCUT2D eigenvalue weighted by Crippen LogP contribution is -2.01. The third-order valence-corrected chi connectivity index (χ3v) is 2.73. The van der Waals surface area contributed by atoms with Crippen molar-refractivity contribution in [1.82, 2.24) is 4.98 Å². The lowest BCUT2D eigenvalue weighted by atomic mass is 10.1. The van der Waals surface area contributed by atoms with Gasteiger partial charge in [0.2, 0.25) is 5.89 Å². The Morgan fingerprint density at radius 2 is 1.95 bits per heavy atom.